The van der Waals surface area contributed by atoms with Gasteiger partial charge in [-0.25, -0.2) is 4.98 Å². The molecule has 0 bridgehead atoms. The van der Waals surface area contributed by atoms with Gasteiger partial charge in [-0.3, -0.25) is 14.5 Å². The summed E-state index contributed by atoms with van der Waals surface area (Å²) in [5.41, 5.74) is 0. The maximum absolute atomic E-state index is 7.61. The minimum Gasteiger partial charge on any atom is -0.276 e. The lowest BCUT2D eigenvalue weighted by Gasteiger charge is -2.01. The zero-order valence-corrected chi connectivity index (χ0v) is 6.12. The second-order valence-electron chi connectivity index (χ2n) is 2.16. The monoisotopic (exact) mass is 162 g/mol. The van der Waals surface area contributed by atoms with E-state index in [0.29, 0.717) is 0 Å². The number of nitrogens with zero attached hydrogens (tertiary/aromatic N) is 5. The molecule has 6 nitrogen and oxygen atoms in total. The molecule has 0 amide bonds. The Morgan fingerprint density at radius 2 is 1.83 bits per heavy atom. The number of aromatic nitrogens is 5. The standard InChI is InChI=1S/C6H6N6/c7-6(11-2-1-8-3-11)12-4-9-10-5-12/h1-5,7H. The van der Waals surface area contributed by atoms with E-state index in [4.69, 9.17) is 5.41 Å². The Kier molecular flexibility index (Phi) is 1.44. The van der Waals surface area contributed by atoms with Crippen LogP contribution in [-0.4, -0.2) is 30.3 Å². The fourth-order valence-corrected chi connectivity index (χ4v) is 0.828. The summed E-state index contributed by atoms with van der Waals surface area (Å²) < 4.78 is 3.05. The van der Waals surface area contributed by atoms with Crippen molar-refractivity contribution in [3.63, 3.8) is 0 Å². The van der Waals surface area contributed by atoms with Crippen molar-refractivity contribution >= 4 is 5.96 Å². The van der Waals surface area contributed by atoms with Gasteiger partial charge in [0.2, 0.25) is 5.96 Å². The second-order valence-corrected chi connectivity index (χ2v) is 2.16. The third kappa shape index (κ3) is 0.986. The first-order valence-corrected chi connectivity index (χ1v) is 3.30. The minimum absolute atomic E-state index is 0.248. The average molecular weight is 162 g/mol. The predicted molar refractivity (Wildman–Crippen MR) is 40.8 cm³/mol. The molecule has 2 aromatic rings. The van der Waals surface area contributed by atoms with Crippen molar-refractivity contribution in [1.82, 2.24) is 24.3 Å². The molecule has 2 heterocycles. The Balaban J connectivity index is 2.34. The fourth-order valence-electron chi connectivity index (χ4n) is 0.828. The van der Waals surface area contributed by atoms with Crippen molar-refractivity contribution in [3.8, 4) is 0 Å². The molecule has 0 atom stereocenters. The summed E-state index contributed by atoms with van der Waals surface area (Å²) in [6, 6.07) is 0. The Bertz CT molecular complexity index is 322. The highest BCUT2D eigenvalue weighted by molar-refractivity contribution is 5.80. The molecule has 0 spiro atoms. The normalized spacial score (nSPS) is 10.0. The van der Waals surface area contributed by atoms with Gasteiger partial charge >= 0.3 is 0 Å². The van der Waals surface area contributed by atoms with Crippen molar-refractivity contribution in [1.29, 1.82) is 5.41 Å². The van der Waals surface area contributed by atoms with Crippen LogP contribution in [0, 0.1) is 5.41 Å². The van der Waals surface area contributed by atoms with Gasteiger partial charge < -0.3 is 0 Å². The van der Waals surface area contributed by atoms with Crippen molar-refractivity contribution in [2.45, 2.75) is 0 Å². The van der Waals surface area contributed by atoms with Crippen molar-refractivity contribution in [2.75, 3.05) is 0 Å². The molecule has 1 N–H and O–H groups in total. The van der Waals surface area contributed by atoms with Crippen LogP contribution in [0.5, 0.6) is 0 Å². The molecule has 12 heavy (non-hydrogen) atoms. The third-order valence-corrected chi connectivity index (χ3v) is 1.41. The van der Waals surface area contributed by atoms with E-state index in [1.165, 1.54) is 17.2 Å². The number of hydrogen-bond donors (Lipinski definition) is 1. The number of rotatable bonds is 0. The summed E-state index contributed by atoms with van der Waals surface area (Å²) in [6.45, 7) is 0. The Hall–Kier alpha value is -1.98. The van der Waals surface area contributed by atoms with Crippen LogP contribution < -0.4 is 0 Å². The summed E-state index contributed by atoms with van der Waals surface area (Å²) in [4.78, 5) is 3.82. The van der Waals surface area contributed by atoms with Crippen LogP contribution in [0.3, 0.4) is 0 Å². The Labute approximate surface area is 68.0 Å². The minimum atomic E-state index is 0.248. The largest absolute Gasteiger partial charge is 0.276 e. The van der Waals surface area contributed by atoms with Crippen LogP contribution in [-0.2, 0) is 0 Å². The smallest absolute Gasteiger partial charge is 0.214 e. The maximum Gasteiger partial charge on any atom is 0.214 e. The molecule has 0 aliphatic heterocycles. The van der Waals surface area contributed by atoms with Gasteiger partial charge in [-0.1, -0.05) is 0 Å². The highest BCUT2D eigenvalue weighted by Crippen LogP contribution is 1.88. The lowest BCUT2D eigenvalue weighted by Crippen LogP contribution is -2.16. The summed E-state index contributed by atoms with van der Waals surface area (Å²) in [7, 11) is 0. The molecule has 0 saturated heterocycles. The molecule has 0 unspecified atom stereocenters. The summed E-state index contributed by atoms with van der Waals surface area (Å²) in [5.74, 6) is 0.248. The molecule has 60 valence electrons. The molecule has 0 aliphatic rings. The van der Waals surface area contributed by atoms with E-state index in [-0.39, 0.29) is 5.96 Å². The van der Waals surface area contributed by atoms with E-state index in [9.17, 15) is 0 Å². The maximum atomic E-state index is 7.61. The molecule has 0 saturated carbocycles. The third-order valence-electron chi connectivity index (χ3n) is 1.41. The van der Waals surface area contributed by atoms with Crippen molar-refractivity contribution < 1.29 is 0 Å². The van der Waals surface area contributed by atoms with Gasteiger partial charge in [-0.2, -0.15) is 0 Å². The van der Waals surface area contributed by atoms with Gasteiger partial charge in [0, 0.05) is 12.4 Å². The lowest BCUT2D eigenvalue weighted by molar-refractivity contribution is 0.970. The molecule has 0 radical (unpaired) electrons. The van der Waals surface area contributed by atoms with Crippen molar-refractivity contribution in [3.05, 3.63) is 31.4 Å². The number of hydrogen-bond acceptors (Lipinski definition) is 4. The fraction of sp³-hybridized carbons (Fsp3) is 0. The van der Waals surface area contributed by atoms with Gasteiger partial charge in [0.05, 0.1) is 0 Å². The first-order valence-electron chi connectivity index (χ1n) is 3.30. The average Bonchev–Trinajstić information content (AvgIpc) is 2.77. The van der Waals surface area contributed by atoms with Gasteiger partial charge in [0.1, 0.15) is 19.0 Å². The van der Waals surface area contributed by atoms with Gasteiger partial charge in [0.15, 0.2) is 0 Å². The molecule has 0 aliphatic carbocycles. The number of nitrogens with one attached hydrogen (secondary N) is 1. The van der Waals surface area contributed by atoms with Crippen molar-refractivity contribution in [2.24, 2.45) is 0 Å². The quantitative estimate of drug-likeness (QED) is 0.431. The van der Waals surface area contributed by atoms with Crippen LogP contribution in [0.2, 0.25) is 0 Å². The van der Waals surface area contributed by atoms with E-state index in [1.807, 2.05) is 0 Å². The zero-order valence-electron chi connectivity index (χ0n) is 6.12. The van der Waals surface area contributed by atoms with E-state index in [0.717, 1.165) is 0 Å². The van der Waals surface area contributed by atoms with Crippen LogP contribution in [0.15, 0.2) is 31.4 Å². The molecular formula is C6H6N6. The van der Waals surface area contributed by atoms with Gasteiger partial charge in [-0.05, 0) is 0 Å². The van der Waals surface area contributed by atoms with Gasteiger partial charge in [0.25, 0.3) is 0 Å². The van der Waals surface area contributed by atoms with Crippen LogP contribution in [0.4, 0.5) is 0 Å². The van der Waals surface area contributed by atoms with Crippen LogP contribution >= 0.6 is 0 Å². The molecule has 6 heteroatoms. The lowest BCUT2D eigenvalue weighted by atomic mass is 10.8. The number of imidazole rings is 1. The van der Waals surface area contributed by atoms with Crippen LogP contribution in [0.1, 0.15) is 0 Å². The van der Waals surface area contributed by atoms with E-state index < -0.39 is 0 Å². The second kappa shape index (κ2) is 2.57. The first kappa shape index (κ1) is 6.71. The van der Waals surface area contributed by atoms with E-state index >= 15 is 0 Å². The molecule has 0 fully saturated rings. The zero-order chi connectivity index (χ0) is 8.39. The Morgan fingerprint density at radius 3 is 2.42 bits per heavy atom. The molecular weight excluding hydrogens is 156 g/mol. The van der Waals surface area contributed by atoms with E-state index in [1.54, 1.807) is 23.3 Å². The summed E-state index contributed by atoms with van der Waals surface area (Å²) in [6.07, 6.45) is 7.76. The highest BCUT2D eigenvalue weighted by atomic mass is 15.3. The molecule has 2 aromatic heterocycles. The Morgan fingerprint density at radius 1 is 1.08 bits per heavy atom. The SMILES string of the molecule is N=C(n1ccnc1)n1cnnc1. The molecule has 2 rings (SSSR count). The predicted octanol–water partition coefficient (Wildman–Crippen LogP) is -0.194. The first-order chi connectivity index (χ1) is 5.88. The summed E-state index contributed by atoms with van der Waals surface area (Å²) in [5, 5.41) is 14.8. The van der Waals surface area contributed by atoms with Gasteiger partial charge in [-0.15, -0.1) is 10.2 Å². The van der Waals surface area contributed by atoms with E-state index in [2.05, 4.69) is 15.2 Å². The topological polar surface area (TPSA) is 72.4 Å². The summed E-state index contributed by atoms with van der Waals surface area (Å²) >= 11 is 0. The van der Waals surface area contributed by atoms with Crippen LogP contribution in [0.25, 0.3) is 0 Å². The molecule has 0 aromatic carbocycles. The highest BCUT2D eigenvalue weighted by Gasteiger charge is 2.00.